The van der Waals surface area contributed by atoms with E-state index in [9.17, 15) is 9.59 Å². The first-order chi connectivity index (χ1) is 10.4. The van der Waals surface area contributed by atoms with Crippen LogP contribution in [0.5, 0.6) is 0 Å². The van der Waals surface area contributed by atoms with Crippen LogP contribution in [0.15, 0.2) is 0 Å². The molecule has 126 valence electrons. The third kappa shape index (κ3) is 4.00. The van der Waals surface area contributed by atoms with E-state index in [0.29, 0.717) is 32.7 Å². The first-order valence-electron chi connectivity index (χ1n) is 8.58. The zero-order chi connectivity index (χ0) is 16.2. The maximum atomic E-state index is 12.8. The molecule has 5 heteroatoms. The molecule has 2 amide bonds. The van der Waals surface area contributed by atoms with Crippen molar-refractivity contribution >= 4 is 11.8 Å². The van der Waals surface area contributed by atoms with Gasteiger partial charge in [0.05, 0.1) is 13.2 Å². The number of morpholine rings is 1. The molecule has 0 N–H and O–H groups in total. The average molecular weight is 310 g/mol. The highest BCUT2D eigenvalue weighted by atomic mass is 16.5. The summed E-state index contributed by atoms with van der Waals surface area (Å²) >= 11 is 0. The van der Waals surface area contributed by atoms with Crippen LogP contribution in [0.3, 0.4) is 0 Å². The zero-order valence-electron chi connectivity index (χ0n) is 14.3. The van der Waals surface area contributed by atoms with E-state index < -0.39 is 5.41 Å². The molecule has 0 spiro atoms. The van der Waals surface area contributed by atoms with Gasteiger partial charge in [0.15, 0.2) is 0 Å². The van der Waals surface area contributed by atoms with Crippen LogP contribution in [0.4, 0.5) is 0 Å². The molecule has 2 heterocycles. The Kier molecular flexibility index (Phi) is 5.84. The van der Waals surface area contributed by atoms with E-state index in [1.807, 2.05) is 30.6 Å². The maximum absolute atomic E-state index is 12.8. The predicted molar refractivity (Wildman–Crippen MR) is 85.4 cm³/mol. The third-order valence-corrected chi connectivity index (χ3v) is 5.27. The summed E-state index contributed by atoms with van der Waals surface area (Å²) in [4.78, 5) is 29.0. The summed E-state index contributed by atoms with van der Waals surface area (Å²) in [6.07, 6.45) is 3.85. The van der Waals surface area contributed by atoms with E-state index in [0.717, 1.165) is 25.9 Å². The fourth-order valence-corrected chi connectivity index (χ4v) is 3.17. The van der Waals surface area contributed by atoms with Crippen molar-refractivity contribution in [3.8, 4) is 0 Å². The van der Waals surface area contributed by atoms with Gasteiger partial charge in [0.25, 0.3) is 0 Å². The smallest absolute Gasteiger partial charge is 0.228 e. The molecule has 2 rings (SSSR count). The molecule has 2 fully saturated rings. The molecule has 1 atom stereocenters. The number of carbonyl (C=O) groups excluding carboxylic acids is 2. The molecule has 22 heavy (non-hydrogen) atoms. The fraction of sp³-hybridized carbons (Fsp3) is 0.882. The van der Waals surface area contributed by atoms with Crippen molar-refractivity contribution in [2.75, 3.05) is 39.4 Å². The molecule has 0 aromatic heterocycles. The molecular formula is C17H30N2O3. The molecule has 2 aliphatic heterocycles. The SMILES string of the molecule is CC(CC(=O)N1CCOCC1)C(C)(C)C(=O)N1CCCCC1. The number of piperidine rings is 1. The Bertz CT molecular complexity index is 397. The minimum Gasteiger partial charge on any atom is -0.378 e. The van der Waals surface area contributed by atoms with E-state index >= 15 is 0 Å². The Labute approximate surface area is 134 Å². The molecule has 2 aliphatic rings. The topological polar surface area (TPSA) is 49.9 Å². The summed E-state index contributed by atoms with van der Waals surface area (Å²) in [6.45, 7) is 10.3. The quantitative estimate of drug-likeness (QED) is 0.797. The summed E-state index contributed by atoms with van der Waals surface area (Å²) in [7, 11) is 0. The van der Waals surface area contributed by atoms with Crippen LogP contribution in [0, 0.1) is 11.3 Å². The number of hydrogen-bond acceptors (Lipinski definition) is 3. The fourth-order valence-electron chi connectivity index (χ4n) is 3.17. The monoisotopic (exact) mass is 310 g/mol. The van der Waals surface area contributed by atoms with Gasteiger partial charge in [0, 0.05) is 38.0 Å². The van der Waals surface area contributed by atoms with Crippen molar-refractivity contribution in [2.45, 2.75) is 46.5 Å². The predicted octanol–water partition coefficient (Wildman–Crippen LogP) is 1.91. The highest BCUT2D eigenvalue weighted by molar-refractivity contribution is 5.84. The largest absolute Gasteiger partial charge is 0.378 e. The van der Waals surface area contributed by atoms with Crippen LogP contribution in [-0.4, -0.2) is 61.0 Å². The molecule has 1 unspecified atom stereocenters. The van der Waals surface area contributed by atoms with E-state index in [-0.39, 0.29) is 17.7 Å². The Morgan fingerprint density at radius 1 is 1.00 bits per heavy atom. The molecule has 0 aliphatic carbocycles. The highest BCUT2D eigenvalue weighted by Crippen LogP contribution is 2.33. The molecule has 5 nitrogen and oxygen atoms in total. The van der Waals surface area contributed by atoms with Crippen molar-refractivity contribution in [2.24, 2.45) is 11.3 Å². The van der Waals surface area contributed by atoms with Crippen molar-refractivity contribution in [1.82, 2.24) is 9.80 Å². The number of carbonyl (C=O) groups is 2. The van der Waals surface area contributed by atoms with Gasteiger partial charge in [-0.1, -0.05) is 20.8 Å². The van der Waals surface area contributed by atoms with E-state index in [1.54, 1.807) is 0 Å². The lowest BCUT2D eigenvalue weighted by molar-refractivity contribution is -0.146. The minimum absolute atomic E-state index is 0.0391. The summed E-state index contributed by atoms with van der Waals surface area (Å²) < 4.78 is 5.29. The first kappa shape index (κ1) is 17.3. The van der Waals surface area contributed by atoms with Crippen LogP contribution in [0.2, 0.25) is 0 Å². The molecule has 0 saturated carbocycles. The lowest BCUT2D eigenvalue weighted by atomic mass is 9.76. The third-order valence-electron chi connectivity index (χ3n) is 5.27. The number of hydrogen-bond donors (Lipinski definition) is 0. The molecular weight excluding hydrogens is 280 g/mol. The lowest BCUT2D eigenvalue weighted by Gasteiger charge is -2.38. The molecule has 0 bridgehead atoms. The number of likely N-dealkylation sites (tertiary alicyclic amines) is 1. The number of ether oxygens (including phenoxy) is 1. The van der Waals surface area contributed by atoms with Crippen molar-refractivity contribution in [1.29, 1.82) is 0 Å². The Balaban J connectivity index is 1.92. The van der Waals surface area contributed by atoms with Gasteiger partial charge < -0.3 is 14.5 Å². The number of amides is 2. The molecule has 2 saturated heterocycles. The van der Waals surface area contributed by atoms with Crippen LogP contribution in [0.25, 0.3) is 0 Å². The Morgan fingerprint density at radius 2 is 1.59 bits per heavy atom. The van der Waals surface area contributed by atoms with Gasteiger partial charge in [-0.3, -0.25) is 9.59 Å². The number of rotatable bonds is 4. The van der Waals surface area contributed by atoms with E-state index in [1.165, 1.54) is 6.42 Å². The van der Waals surface area contributed by atoms with Gasteiger partial charge in [-0.2, -0.15) is 0 Å². The molecule has 0 radical (unpaired) electrons. The minimum atomic E-state index is -0.487. The molecule has 0 aromatic carbocycles. The van der Waals surface area contributed by atoms with Gasteiger partial charge in [-0.25, -0.2) is 0 Å². The lowest BCUT2D eigenvalue weighted by Crippen LogP contribution is -2.48. The van der Waals surface area contributed by atoms with Gasteiger partial charge in [0.1, 0.15) is 0 Å². The molecule has 0 aromatic rings. The second-order valence-electron chi connectivity index (χ2n) is 7.17. The van der Waals surface area contributed by atoms with Crippen LogP contribution < -0.4 is 0 Å². The zero-order valence-corrected chi connectivity index (χ0v) is 14.3. The summed E-state index contributed by atoms with van der Waals surface area (Å²) in [5, 5.41) is 0. The number of nitrogens with zero attached hydrogens (tertiary/aromatic N) is 2. The average Bonchev–Trinajstić information content (AvgIpc) is 2.55. The Morgan fingerprint density at radius 3 is 2.18 bits per heavy atom. The van der Waals surface area contributed by atoms with Gasteiger partial charge >= 0.3 is 0 Å². The Hall–Kier alpha value is -1.10. The van der Waals surface area contributed by atoms with E-state index in [4.69, 9.17) is 4.74 Å². The summed E-state index contributed by atoms with van der Waals surface area (Å²) in [6, 6.07) is 0. The van der Waals surface area contributed by atoms with Gasteiger partial charge in [-0.05, 0) is 25.2 Å². The highest BCUT2D eigenvalue weighted by Gasteiger charge is 2.38. The summed E-state index contributed by atoms with van der Waals surface area (Å²) in [5.41, 5.74) is -0.487. The first-order valence-corrected chi connectivity index (χ1v) is 8.58. The maximum Gasteiger partial charge on any atom is 0.228 e. The van der Waals surface area contributed by atoms with Crippen LogP contribution in [0.1, 0.15) is 46.5 Å². The van der Waals surface area contributed by atoms with Crippen molar-refractivity contribution < 1.29 is 14.3 Å². The van der Waals surface area contributed by atoms with Crippen molar-refractivity contribution in [3.63, 3.8) is 0 Å². The van der Waals surface area contributed by atoms with Crippen LogP contribution in [-0.2, 0) is 14.3 Å². The van der Waals surface area contributed by atoms with Gasteiger partial charge in [-0.15, -0.1) is 0 Å². The summed E-state index contributed by atoms with van der Waals surface area (Å²) in [5.74, 6) is 0.391. The second-order valence-corrected chi connectivity index (χ2v) is 7.17. The normalized spacial score (nSPS) is 21.6. The van der Waals surface area contributed by atoms with Gasteiger partial charge in [0.2, 0.25) is 11.8 Å². The van der Waals surface area contributed by atoms with E-state index in [2.05, 4.69) is 0 Å². The van der Waals surface area contributed by atoms with Crippen molar-refractivity contribution in [3.05, 3.63) is 0 Å². The second kappa shape index (κ2) is 7.44. The van der Waals surface area contributed by atoms with Crippen LogP contribution >= 0.6 is 0 Å². The standard InChI is InChI=1S/C17H30N2O3/c1-14(13-15(20)18-9-11-22-12-10-18)17(2,3)16(21)19-7-5-4-6-8-19/h14H,4-13H2,1-3H3.